The number of carbonyl (C=O) groups is 1. The number of halogens is 6. The molecular weight excluding hydrogens is 544 g/mol. The number of anilines is 1. The third-order valence-corrected chi connectivity index (χ3v) is 6.62. The molecule has 1 aliphatic heterocycles. The second-order valence-electron chi connectivity index (χ2n) is 9.73. The van der Waals surface area contributed by atoms with E-state index in [0.717, 1.165) is 22.5 Å². The average molecular weight is 565 g/mol. The van der Waals surface area contributed by atoms with Crippen LogP contribution in [0.1, 0.15) is 37.2 Å². The molecular formula is C25H21F6N7O2. The molecule has 0 bridgehead atoms. The molecule has 1 aromatic carbocycles. The van der Waals surface area contributed by atoms with E-state index < -0.39 is 36.2 Å². The van der Waals surface area contributed by atoms with Gasteiger partial charge in [-0.05, 0) is 38.0 Å². The molecule has 40 heavy (non-hydrogen) atoms. The number of hydrogen-bond acceptors (Lipinski definition) is 7. The predicted molar refractivity (Wildman–Crippen MR) is 129 cm³/mol. The first kappa shape index (κ1) is 27.3. The van der Waals surface area contributed by atoms with Gasteiger partial charge in [-0.1, -0.05) is 12.1 Å². The Morgan fingerprint density at radius 1 is 1.05 bits per heavy atom. The van der Waals surface area contributed by atoms with Crippen molar-refractivity contribution in [2.75, 3.05) is 12.0 Å². The summed E-state index contributed by atoms with van der Waals surface area (Å²) in [6.07, 6.45) is -7.37. The number of rotatable bonds is 7. The number of hydrogen-bond donors (Lipinski definition) is 0. The summed E-state index contributed by atoms with van der Waals surface area (Å²) in [6.45, 7) is 3.42. The van der Waals surface area contributed by atoms with E-state index in [9.17, 15) is 31.1 Å². The van der Waals surface area contributed by atoms with Gasteiger partial charge in [-0.25, -0.2) is 9.37 Å². The quantitative estimate of drug-likeness (QED) is 0.300. The minimum absolute atomic E-state index is 0.0719. The lowest BCUT2D eigenvalue weighted by Gasteiger charge is -2.19. The minimum Gasteiger partial charge on any atom is -0.497 e. The molecule has 3 aromatic heterocycles. The molecule has 0 spiro atoms. The number of benzene rings is 1. The molecule has 4 aromatic rings. The number of fused-ring (bicyclic) bond motifs is 2. The Labute approximate surface area is 222 Å². The molecule has 1 amide bonds. The number of alkyl halides is 5. The van der Waals surface area contributed by atoms with Crippen LogP contribution in [0, 0.1) is 5.82 Å². The zero-order valence-corrected chi connectivity index (χ0v) is 21.3. The van der Waals surface area contributed by atoms with Crippen molar-refractivity contribution in [2.24, 2.45) is 0 Å². The zero-order chi connectivity index (χ0) is 29.0. The van der Waals surface area contributed by atoms with Crippen LogP contribution >= 0.6 is 0 Å². The first-order valence-corrected chi connectivity index (χ1v) is 11.9. The molecule has 0 aliphatic carbocycles. The van der Waals surface area contributed by atoms with E-state index >= 15 is 0 Å². The molecule has 0 unspecified atom stereocenters. The summed E-state index contributed by atoms with van der Waals surface area (Å²) >= 11 is 0. The fourth-order valence-electron chi connectivity index (χ4n) is 4.36. The molecule has 0 fully saturated rings. The van der Waals surface area contributed by atoms with Crippen LogP contribution in [0.2, 0.25) is 0 Å². The van der Waals surface area contributed by atoms with Gasteiger partial charge in [-0.15, -0.1) is 10.2 Å². The van der Waals surface area contributed by atoms with Crippen molar-refractivity contribution in [2.45, 2.75) is 50.7 Å². The van der Waals surface area contributed by atoms with E-state index in [0.29, 0.717) is 5.75 Å². The topological polar surface area (TPSA) is 98.9 Å². The Kier molecular flexibility index (Phi) is 6.42. The summed E-state index contributed by atoms with van der Waals surface area (Å²) in [7, 11) is 1.52. The standard InChI is InChI=1S/C25H21F6N7O2/c1-23(2)19-20(37(21(23)39)12-13-4-6-15(40-3)7-5-13)33-22(35-34-19)38-17-10-14(26)11-32-18(17)16(36-38)8-9-24(27,28)25(29,30)31/h4-7,10-11H,8-9,12H2,1-3H3. The smallest absolute Gasteiger partial charge is 0.453 e. The maximum absolute atomic E-state index is 14.1. The molecule has 5 rings (SSSR count). The zero-order valence-electron chi connectivity index (χ0n) is 21.3. The monoisotopic (exact) mass is 565 g/mol. The van der Waals surface area contributed by atoms with Crippen molar-refractivity contribution >= 4 is 22.8 Å². The molecule has 15 heteroatoms. The van der Waals surface area contributed by atoms with Crippen molar-refractivity contribution < 1.29 is 35.9 Å². The molecule has 0 saturated carbocycles. The summed E-state index contributed by atoms with van der Waals surface area (Å²) in [5.41, 5.74) is -0.488. The van der Waals surface area contributed by atoms with Gasteiger partial charge in [0.15, 0.2) is 5.82 Å². The molecule has 0 radical (unpaired) electrons. The second kappa shape index (κ2) is 9.41. The largest absolute Gasteiger partial charge is 0.497 e. The Balaban J connectivity index is 1.56. The van der Waals surface area contributed by atoms with Gasteiger partial charge >= 0.3 is 12.1 Å². The van der Waals surface area contributed by atoms with Crippen molar-refractivity contribution in [3.8, 4) is 11.7 Å². The van der Waals surface area contributed by atoms with E-state index in [-0.39, 0.29) is 46.6 Å². The van der Waals surface area contributed by atoms with Crippen molar-refractivity contribution in [1.29, 1.82) is 0 Å². The lowest BCUT2D eigenvalue weighted by atomic mass is 9.91. The van der Waals surface area contributed by atoms with Gasteiger partial charge in [0.25, 0.3) is 5.95 Å². The third-order valence-electron chi connectivity index (χ3n) is 6.62. The number of aromatic nitrogens is 6. The van der Waals surface area contributed by atoms with Crippen LogP contribution in [0.3, 0.4) is 0 Å². The molecule has 9 nitrogen and oxygen atoms in total. The van der Waals surface area contributed by atoms with Gasteiger partial charge in [0.1, 0.15) is 22.8 Å². The molecule has 1 aliphatic rings. The summed E-state index contributed by atoms with van der Waals surface area (Å²) in [5.74, 6) is -5.58. The number of ether oxygens (including phenoxy) is 1. The van der Waals surface area contributed by atoms with Gasteiger partial charge in [0, 0.05) is 12.5 Å². The Morgan fingerprint density at radius 2 is 1.75 bits per heavy atom. The van der Waals surface area contributed by atoms with E-state index in [1.54, 1.807) is 38.1 Å². The highest BCUT2D eigenvalue weighted by Crippen LogP contribution is 2.41. The van der Waals surface area contributed by atoms with Crippen molar-refractivity contribution in [3.05, 3.63) is 59.3 Å². The van der Waals surface area contributed by atoms with Crippen LogP contribution in [0.15, 0.2) is 36.5 Å². The molecule has 0 atom stereocenters. The van der Waals surface area contributed by atoms with Crippen LogP contribution in [0.5, 0.6) is 5.75 Å². The van der Waals surface area contributed by atoms with E-state index in [2.05, 4.69) is 25.3 Å². The Morgan fingerprint density at radius 3 is 2.40 bits per heavy atom. The second-order valence-corrected chi connectivity index (χ2v) is 9.73. The maximum Gasteiger partial charge on any atom is 0.453 e. The van der Waals surface area contributed by atoms with Crippen LogP contribution in [0.4, 0.5) is 32.2 Å². The lowest BCUT2D eigenvalue weighted by Crippen LogP contribution is -2.36. The number of aryl methyl sites for hydroxylation is 1. The van der Waals surface area contributed by atoms with Crippen LogP contribution in [-0.2, 0) is 23.2 Å². The summed E-state index contributed by atoms with van der Waals surface area (Å²) in [5, 5.41) is 12.3. The molecule has 210 valence electrons. The summed E-state index contributed by atoms with van der Waals surface area (Å²) in [4.78, 5) is 23.0. The number of pyridine rings is 1. The molecule has 0 saturated heterocycles. The first-order valence-electron chi connectivity index (χ1n) is 11.9. The number of carbonyl (C=O) groups excluding carboxylic acids is 1. The summed E-state index contributed by atoms with van der Waals surface area (Å²) < 4.78 is 85.6. The SMILES string of the molecule is COc1ccc(CN2C(=O)C(C)(C)c3nnc(-n4nc(CCC(F)(F)C(F)(F)F)c5ncc(F)cc54)nc32)cc1. The van der Waals surface area contributed by atoms with Gasteiger partial charge in [0.2, 0.25) is 5.91 Å². The van der Waals surface area contributed by atoms with E-state index in [4.69, 9.17) is 4.74 Å². The number of methoxy groups -OCH3 is 1. The highest BCUT2D eigenvalue weighted by Gasteiger charge is 2.56. The predicted octanol–water partition coefficient (Wildman–Crippen LogP) is 4.71. The fourth-order valence-corrected chi connectivity index (χ4v) is 4.36. The Hall–Kier alpha value is -4.30. The normalized spacial score (nSPS) is 15.1. The van der Waals surface area contributed by atoms with Gasteiger partial charge in [-0.3, -0.25) is 9.69 Å². The summed E-state index contributed by atoms with van der Waals surface area (Å²) in [6, 6.07) is 7.97. The molecule has 0 N–H and O–H groups in total. The Bertz CT molecular complexity index is 1600. The highest BCUT2D eigenvalue weighted by atomic mass is 19.4. The average Bonchev–Trinajstić information content (AvgIpc) is 3.35. The van der Waals surface area contributed by atoms with Gasteiger partial charge in [-0.2, -0.15) is 36.7 Å². The first-order chi connectivity index (χ1) is 18.7. The van der Waals surface area contributed by atoms with Crippen LogP contribution in [0.25, 0.3) is 17.0 Å². The van der Waals surface area contributed by atoms with Crippen molar-refractivity contribution in [3.63, 3.8) is 0 Å². The van der Waals surface area contributed by atoms with E-state index in [1.165, 1.54) is 12.0 Å². The van der Waals surface area contributed by atoms with Crippen molar-refractivity contribution in [1.82, 2.24) is 29.9 Å². The molecule has 4 heterocycles. The van der Waals surface area contributed by atoms with Gasteiger partial charge < -0.3 is 4.74 Å². The van der Waals surface area contributed by atoms with Crippen LogP contribution in [-0.4, -0.2) is 55.1 Å². The van der Waals surface area contributed by atoms with E-state index in [1.807, 2.05) is 0 Å². The lowest BCUT2D eigenvalue weighted by molar-refractivity contribution is -0.284. The van der Waals surface area contributed by atoms with Gasteiger partial charge in [0.05, 0.1) is 36.5 Å². The van der Waals surface area contributed by atoms with Crippen LogP contribution < -0.4 is 9.64 Å². The highest BCUT2D eigenvalue weighted by molar-refractivity contribution is 6.05. The third kappa shape index (κ3) is 4.58. The minimum atomic E-state index is -5.75. The number of amides is 1. The number of nitrogens with zero attached hydrogens (tertiary/aromatic N) is 7. The fraction of sp³-hybridized carbons (Fsp3) is 0.360. The maximum atomic E-state index is 14.1.